The lowest BCUT2D eigenvalue weighted by molar-refractivity contribution is 0.328. The monoisotopic (exact) mass is 180 g/mol. The van der Waals surface area contributed by atoms with Crippen LogP contribution >= 0.6 is 0 Å². The molecule has 0 saturated carbocycles. The molecule has 1 heterocycles. The molecule has 0 N–H and O–H groups in total. The Balaban J connectivity index is 1.81. The highest BCUT2D eigenvalue weighted by molar-refractivity contribution is 4.68. The third kappa shape index (κ3) is 4.90. The van der Waals surface area contributed by atoms with Crippen molar-refractivity contribution in [3.05, 3.63) is 0 Å². The molecule has 74 valence electrons. The van der Waals surface area contributed by atoms with Gasteiger partial charge in [0.1, 0.15) is 0 Å². The number of likely N-dealkylation sites (tertiary alicyclic amines) is 1. The summed E-state index contributed by atoms with van der Waals surface area (Å²) < 4.78 is 0. The van der Waals surface area contributed by atoms with Gasteiger partial charge in [0.25, 0.3) is 0 Å². The molecule has 0 radical (unpaired) electrons. The van der Waals surface area contributed by atoms with Gasteiger partial charge in [0, 0.05) is 6.42 Å². The van der Waals surface area contributed by atoms with Gasteiger partial charge in [-0.15, -0.1) is 0 Å². The van der Waals surface area contributed by atoms with Gasteiger partial charge in [-0.1, -0.05) is 12.8 Å². The summed E-state index contributed by atoms with van der Waals surface area (Å²) in [7, 11) is 0. The van der Waals surface area contributed by atoms with E-state index in [2.05, 4.69) is 11.0 Å². The lowest BCUT2D eigenvalue weighted by Crippen LogP contribution is -2.20. The van der Waals surface area contributed by atoms with E-state index < -0.39 is 0 Å². The van der Waals surface area contributed by atoms with Crippen molar-refractivity contribution in [2.75, 3.05) is 19.6 Å². The highest BCUT2D eigenvalue weighted by atomic mass is 15.1. The van der Waals surface area contributed by atoms with E-state index in [1.807, 2.05) is 0 Å². The standard InChI is InChI=1S/C11H20N2/c12-8-4-2-1-3-5-9-13-10-6-7-11-13/h1-7,9-11H2. The zero-order valence-corrected chi connectivity index (χ0v) is 8.47. The molecule has 1 saturated heterocycles. The van der Waals surface area contributed by atoms with Crippen LogP contribution in [0.2, 0.25) is 0 Å². The van der Waals surface area contributed by atoms with Gasteiger partial charge in [0.2, 0.25) is 0 Å². The van der Waals surface area contributed by atoms with E-state index in [-0.39, 0.29) is 0 Å². The average molecular weight is 180 g/mol. The van der Waals surface area contributed by atoms with E-state index in [4.69, 9.17) is 5.26 Å². The fourth-order valence-electron chi connectivity index (χ4n) is 1.90. The number of rotatable bonds is 6. The molecular weight excluding hydrogens is 160 g/mol. The Hall–Kier alpha value is -0.550. The van der Waals surface area contributed by atoms with Gasteiger partial charge in [-0.05, 0) is 45.3 Å². The van der Waals surface area contributed by atoms with E-state index >= 15 is 0 Å². The molecule has 0 aliphatic carbocycles. The molecule has 0 aromatic rings. The Morgan fingerprint density at radius 2 is 1.69 bits per heavy atom. The minimum absolute atomic E-state index is 0.740. The summed E-state index contributed by atoms with van der Waals surface area (Å²) >= 11 is 0. The van der Waals surface area contributed by atoms with E-state index in [0.29, 0.717) is 0 Å². The van der Waals surface area contributed by atoms with Crippen LogP contribution in [0.5, 0.6) is 0 Å². The highest BCUT2D eigenvalue weighted by Gasteiger charge is 2.09. The third-order valence-electron chi connectivity index (χ3n) is 2.71. The summed E-state index contributed by atoms with van der Waals surface area (Å²) in [6.45, 7) is 3.92. The van der Waals surface area contributed by atoms with Crippen molar-refractivity contribution >= 4 is 0 Å². The Labute approximate surface area is 81.5 Å². The number of hydrogen-bond donors (Lipinski definition) is 0. The maximum atomic E-state index is 8.34. The number of unbranched alkanes of at least 4 members (excludes halogenated alkanes) is 4. The summed E-state index contributed by atoms with van der Waals surface area (Å²) in [4.78, 5) is 2.56. The fourth-order valence-corrected chi connectivity index (χ4v) is 1.90. The Morgan fingerprint density at radius 3 is 2.38 bits per heavy atom. The summed E-state index contributed by atoms with van der Waals surface area (Å²) in [5.74, 6) is 0. The van der Waals surface area contributed by atoms with Crippen LogP contribution in [-0.2, 0) is 0 Å². The van der Waals surface area contributed by atoms with Crippen molar-refractivity contribution in [2.45, 2.75) is 44.9 Å². The minimum atomic E-state index is 0.740. The summed E-state index contributed by atoms with van der Waals surface area (Å²) in [6.07, 6.45) is 8.49. The van der Waals surface area contributed by atoms with Crippen molar-refractivity contribution < 1.29 is 0 Å². The van der Waals surface area contributed by atoms with E-state index in [0.717, 1.165) is 12.8 Å². The Bertz CT molecular complexity index is 154. The molecule has 1 aliphatic heterocycles. The van der Waals surface area contributed by atoms with Crippen LogP contribution in [0.4, 0.5) is 0 Å². The van der Waals surface area contributed by atoms with Gasteiger partial charge in [0.15, 0.2) is 0 Å². The van der Waals surface area contributed by atoms with Crippen molar-refractivity contribution in [3.8, 4) is 6.07 Å². The first kappa shape index (κ1) is 10.5. The zero-order valence-electron chi connectivity index (χ0n) is 8.47. The largest absolute Gasteiger partial charge is 0.303 e. The first-order chi connectivity index (χ1) is 6.43. The lowest BCUT2D eigenvalue weighted by atomic mass is 10.1. The predicted molar refractivity (Wildman–Crippen MR) is 54.4 cm³/mol. The van der Waals surface area contributed by atoms with Gasteiger partial charge in [-0.3, -0.25) is 0 Å². The smallest absolute Gasteiger partial charge is 0.0621 e. The molecule has 1 aliphatic rings. The molecular formula is C11H20N2. The van der Waals surface area contributed by atoms with Crippen LogP contribution in [0.15, 0.2) is 0 Å². The van der Waals surface area contributed by atoms with E-state index in [1.165, 1.54) is 51.7 Å². The van der Waals surface area contributed by atoms with Gasteiger partial charge < -0.3 is 4.90 Å². The molecule has 0 aromatic carbocycles. The molecule has 13 heavy (non-hydrogen) atoms. The highest BCUT2D eigenvalue weighted by Crippen LogP contribution is 2.09. The first-order valence-electron chi connectivity index (χ1n) is 5.53. The van der Waals surface area contributed by atoms with Crippen LogP contribution in [0.1, 0.15) is 44.9 Å². The first-order valence-corrected chi connectivity index (χ1v) is 5.53. The molecule has 0 atom stereocenters. The van der Waals surface area contributed by atoms with E-state index in [1.54, 1.807) is 0 Å². The van der Waals surface area contributed by atoms with Crippen molar-refractivity contribution in [1.82, 2.24) is 4.90 Å². The maximum Gasteiger partial charge on any atom is 0.0621 e. The van der Waals surface area contributed by atoms with Gasteiger partial charge in [0.05, 0.1) is 6.07 Å². The van der Waals surface area contributed by atoms with Crippen molar-refractivity contribution in [2.24, 2.45) is 0 Å². The van der Waals surface area contributed by atoms with Gasteiger partial charge in [-0.25, -0.2) is 0 Å². The molecule has 0 spiro atoms. The third-order valence-corrected chi connectivity index (χ3v) is 2.71. The average Bonchev–Trinajstić information content (AvgIpc) is 2.63. The normalized spacial score (nSPS) is 17.5. The zero-order chi connectivity index (χ0) is 9.36. The topological polar surface area (TPSA) is 27.0 Å². The molecule has 0 aromatic heterocycles. The molecule has 0 bridgehead atoms. The van der Waals surface area contributed by atoms with Gasteiger partial charge in [-0.2, -0.15) is 5.26 Å². The second-order valence-corrected chi connectivity index (χ2v) is 3.87. The fraction of sp³-hybridized carbons (Fsp3) is 0.909. The Kier molecular flexibility index (Phi) is 5.60. The quantitative estimate of drug-likeness (QED) is 0.587. The lowest BCUT2D eigenvalue weighted by Gasteiger charge is -2.13. The summed E-state index contributed by atoms with van der Waals surface area (Å²) in [6, 6.07) is 2.19. The Morgan fingerprint density at radius 1 is 1.00 bits per heavy atom. The number of nitriles is 1. The van der Waals surface area contributed by atoms with Crippen molar-refractivity contribution in [3.63, 3.8) is 0 Å². The van der Waals surface area contributed by atoms with Crippen LogP contribution in [-0.4, -0.2) is 24.5 Å². The van der Waals surface area contributed by atoms with Crippen molar-refractivity contribution in [1.29, 1.82) is 5.26 Å². The summed E-state index contributed by atoms with van der Waals surface area (Å²) in [5.41, 5.74) is 0. The molecule has 1 fully saturated rings. The molecule has 2 heteroatoms. The van der Waals surface area contributed by atoms with Crippen LogP contribution in [0.25, 0.3) is 0 Å². The molecule has 1 rings (SSSR count). The molecule has 2 nitrogen and oxygen atoms in total. The second kappa shape index (κ2) is 6.91. The molecule has 0 unspecified atom stereocenters. The second-order valence-electron chi connectivity index (χ2n) is 3.87. The SMILES string of the molecule is N#CCCCCCCN1CCCC1. The predicted octanol–water partition coefficient (Wildman–Crippen LogP) is 2.56. The number of hydrogen-bond acceptors (Lipinski definition) is 2. The van der Waals surface area contributed by atoms with Gasteiger partial charge >= 0.3 is 0 Å². The van der Waals surface area contributed by atoms with Crippen LogP contribution in [0.3, 0.4) is 0 Å². The van der Waals surface area contributed by atoms with Crippen LogP contribution in [0, 0.1) is 11.3 Å². The maximum absolute atomic E-state index is 8.34. The minimum Gasteiger partial charge on any atom is -0.303 e. The summed E-state index contributed by atoms with van der Waals surface area (Å²) in [5, 5.41) is 8.34. The van der Waals surface area contributed by atoms with E-state index in [9.17, 15) is 0 Å². The number of nitrogens with zero attached hydrogens (tertiary/aromatic N) is 2. The molecule has 0 amide bonds. The van der Waals surface area contributed by atoms with Crippen LogP contribution < -0.4 is 0 Å².